The molecule has 1 aromatic rings. The number of carbonyl (C=O) groups excluding carboxylic acids is 2. The van der Waals surface area contributed by atoms with E-state index in [1.165, 1.54) is 12.0 Å². The summed E-state index contributed by atoms with van der Waals surface area (Å²) in [7, 11) is 1.34. The van der Waals surface area contributed by atoms with Crippen molar-refractivity contribution in [2.75, 3.05) is 13.7 Å². The van der Waals surface area contributed by atoms with E-state index in [4.69, 9.17) is 9.47 Å². The SMILES string of the molecule is CCCC=C1CC(C(=O)OC)N(C(=O)OCc2ccccc2)C1. The van der Waals surface area contributed by atoms with Crippen molar-refractivity contribution in [2.45, 2.75) is 38.8 Å². The summed E-state index contributed by atoms with van der Waals surface area (Å²) in [5, 5.41) is 0. The molecule has 0 aliphatic carbocycles. The van der Waals surface area contributed by atoms with Crippen LogP contribution in [-0.2, 0) is 20.9 Å². The second-order valence-electron chi connectivity index (χ2n) is 5.56. The number of rotatable bonds is 5. The molecule has 0 bridgehead atoms. The Morgan fingerprint density at radius 1 is 1.30 bits per heavy atom. The van der Waals surface area contributed by atoms with Crippen molar-refractivity contribution in [3.05, 3.63) is 47.5 Å². The number of nitrogens with zero attached hydrogens (tertiary/aromatic N) is 1. The molecule has 5 nitrogen and oxygen atoms in total. The van der Waals surface area contributed by atoms with Crippen molar-refractivity contribution in [1.29, 1.82) is 0 Å². The minimum atomic E-state index is -0.591. The molecule has 5 heteroatoms. The predicted octanol–water partition coefficient (Wildman–Crippen LogP) is 3.30. The molecule has 1 unspecified atom stereocenters. The summed E-state index contributed by atoms with van der Waals surface area (Å²) in [5.74, 6) is -0.401. The van der Waals surface area contributed by atoms with Crippen molar-refractivity contribution in [1.82, 2.24) is 4.90 Å². The number of amides is 1. The van der Waals surface area contributed by atoms with Gasteiger partial charge in [0.1, 0.15) is 12.6 Å². The van der Waals surface area contributed by atoms with Gasteiger partial charge in [-0.15, -0.1) is 0 Å². The fourth-order valence-corrected chi connectivity index (χ4v) is 2.59. The molecule has 1 fully saturated rings. The molecule has 23 heavy (non-hydrogen) atoms. The van der Waals surface area contributed by atoms with Crippen LogP contribution in [-0.4, -0.2) is 36.7 Å². The number of hydrogen-bond donors (Lipinski definition) is 0. The molecular formula is C18H23NO4. The first kappa shape index (κ1) is 17.1. The second kappa shape index (κ2) is 8.36. The van der Waals surface area contributed by atoms with Gasteiger partial charge in [0, 0.05) is 13.0 Å². The van der Waals surface area contributed by atoms with Crippen LogP contribution in [0, 0.1) is 0 Å². The second-order valence-corrected chi connectivity index (χ2v) is 5.56. The zero-order valence-electron chi connectivity index (χ0n) is 13.7. The van der Waals surface area contributed by atoms with Crippen molar-refractivity contribution >= 4 is 12.1 Å². The number of methoxy groups -OCH3 is 1. The molecule has 2 rings (SSSR count). The highest BCUT2D eigenvalue weighted by Gasteiger charge is 2.38. The van der Waals surface area contributed by atoms with E-state index in [9.17, 15) is 9.59 Å². The molecule has 1 amide bonds. The molecule has 0 N–H and O–H groups in total. The summed E-state index contributed by atoms with van der Waals surface area (Å²) in [6.07, 6.45) is 4.11. The van der Waals surface area contributed by atoms with E-state index in [0.717, 1.165) is 24.0 Å². The van der Waals surface area contributed by atoms with E-state index in [1.807, 2.05) is 30.3 Å². The van der Waals surface area contributed by atoms with Gasteiger partial charge >= 0.3 is 12.1 Å². The van der Waals surface area contributed by atoms with Crippen molar-refractivity contribution in [2.24, 2.45) is 0 Å². The van der Waals surface area contributed by atoms with Gasteiger partial charge in [0.15, 0.2) is 0 Å². The van der Waals surface area contributed by atoms with Gasteiger partial charge in [-0.2, -0.15) is 0 Å². The summed E-state index contributed by atoms with van der Waals surface area (Å²) >= 11 is 0. The number of allylic oxidation sites excluding steroid dienone is 1. The van der Waals surface area contributed by atoms with E-state index in [-0.39, 0.29) is 6.61 Å². The lowest BCUT2D eigenvalue weighted by Gasteiger charge is -2.21. The van der Waals surface area contributed by atoms with Crippen LogP contribution >= 0.6 is 0 Å². The molecule has 1 atom stereocenters. The monoisotopic (exact) mass is 317 g/mol. The van der Waals surface area contributed by atoms with E-state index in [0.29, 0.717) is 13.0 Å². The van der Waals surface area contributed by atoms with Crippen LogP contribution in [0.3, 0.4) is 0 Å². The third-order valence-corrected chi connectivity index (χ3v) is 3.84. The van der Waals surface area contributed by atoms with Crippen molar-refractivity contribution in [3.8, 4) is 0 Å². The Labute approximate surface area is 136 Å². The van der Waals surface area contributed by atoms with Gasteiger partial charge in [-0.3, -0.25) is 4.90 Å². The molecule has 0 radical (unpaired) electrons. The Morgan fingerprint density at radius 3 is 2.70 bits per heavy atom. The number of carbonyl (C=O) groups is 2. The molecule has 0 aromatic heterocycles. The van der Waals surface area contributed by atoms with Gasteiger partial charge < -0.3 is 9.47 Å². The molecule has 0 saturated carbocycles. The molecule has 124 valence electrons. The fourth-order valence-electron chi connectivity index (χ4n) is 2.59. The molecular weight excluding hydrogens is 294 g/mol. The van der Waals surface area contributed by atoms with Crippen LogP contribution in [0.25, 0.3) is 0 Å². The van der Waals surface area contributed by atoms with Crippen LogP contribution in [0.5, 0.6) is 0 Å². The molecule has 0 spiro atoms. The number of unbranched alkanes of at least 4 members (excludes halogenated alkanes) is 1. The lowest BCUT2D eigenvalue weighted by Crippen LogP contribution is -2.41. The molecule has 1 aromatic carbocycles. The number of ether oxygens (including phenoxy) is 2. The average Bonchev–Trinajstić information content (AvgIpc) is 3.02. The fraction of sp³-hybridized carbons (Fsp3) is 0.444. The maximum atomic E-state index is 12.3. The van der Waals surface area contributed by atoms with Gasteiger partial charge in [0.25, 0.3) is 0 Å². The first-order valence-corrected chi connectivity index (χ1v) is 7.88. The molecule has 1 saturated heterocycles. The Bertz CT molecular complexity index is 568. The maximum Gasteiger partial charge on any atom is 0.411 e. The van der Waals surface area contributed by atoms with Gasteiger partial charge in [0.05, 0.1) is 7.11 Å². The van der Waals surface area contributed by atoms with Gasteiger partial charge in [-0.25, -0.2) is 9.59 Å². The number of likely N-dealkylation sites (tertiary alicyclic amines) is 1. The highest BCUT2D eigenvalue weighted by atomic mass is 16.6. The topological polar surface area (TPSA) is 55.8 Å². The zero-order chi connectivity index (χ0) is 16.7. The van der Waals surface area contributed by atoms with Gasteiger partial charge in [0.2, 0.25) is 0 Å². The highest BCUT2D eigenvalue weighted by Crippen LogP contribution is 2.25. The van der Waals surface area contributed by atoms with E-state index < -0.39 is 18.1 Å². The van der Waals surface area contributed by atoms with Gasteiger partial charge in [-0.05, 0) is 12.0 Å². The maximum absolute atomic E-state index is 12.3. The van der Waals surface area contributed by atoms with Crippen molar-refractivity contribution in [3.63, 3.8) is 0 Å². The summed E-state index contributed by atoms with van der Waals surface area (Å²) in [6, 6.07) is 8.88. The largest absolute Gasteiger partial charge is 0.467 e. The smallest absolute Gasteiger partial charge is 0.411 e. The Kier molecular flexibility index (Phi) is 6.20. The zero-order valence-corrected chi connectivity index (χ0v) is 13.7. The average molecular weight is 317 g/mol. The number of benzene rings is 1. The highest BCUT2D eigenvalue weighted by molar-refractivity contribution is 5.83. The Hall–Kier alpha value is -2.30. The minimum Gasteiger partial charge on any atom is -0.467 e. The first-order chi connectivity index (χ1) is 11.2. The molecule has 1 heterocycles. The Balaban J connectivity index is 2.01. The number of hydrogen-bond acceptors (Lipinski definition) is 4. The van der Waals surface area contributed by atoms with Crippen LogP contribution in [0.2, 0.25) is 0 Å². The quantitative estimate of drug-likeness (QED) is 0.617. The number of esters is 1. The minimum absolute atomic E-state index is 0.193. The van der Waals surface area contributed by atoms with Crippen LogP contribution in [0.4, 0.5) is 4.79 Å². The van der Waals surface area contributed by atoms with Crippen molar-refractivity contribution < 1.29 is 19.1 Å². The summed E-state index contributed by atoms with van der Waals surface area (Å²) in [6.45, 7) is 2.71. The van der Waals surface area contributed by atoms with E-state index >= 15 is 0 Å². The predicted molar refractivity (Wildman–Crippen MR) is 86.7 cm³/mol. The first-order valence-electron chi connectivity index (χ1n) is 7.88. The standard InChI is InChI=1S/C18H23NO4/c1-3-4-8-15-11-16(17(20)22-2)19(12-15)18(21)23-13-14-9-6-5-7-10-14/h5-10,16H,3-4,11-13H2,1-2H3. The summed E-state index contributed by atoms with van der Waals surface area (Å²) < 4.78 is 10.2. The van der Waals surface area contributed by atoms with E-state index in [2.05, 4.69) is 13.0 Å². The Morgan fingerprint density at radius 2 is 2.04 bits per heavy atom. The van der Waals surface area contributed by atoms with E-state index in [1.54, 1.807) is 0 Å². The van der Waals surface area contributed by atoms with Crippen LogP contribution in [0.15, 0.2) is 42.0 Å². The lowest BCUT2D eigenvalue weighted by atomic mass is 10.1. The third kappa shape index (κ3) is 4.58. The molecule has 1 aliphatic heterocycles. The summed E-state index contributed by atoms with van der Waals surface area (Å²) in [4.78, 5) is 25.7. The van der Waals surface area contributed by atoms with Crippen LogP contribution in [0.1, 0.15) is 31.7 Å². The lowest BCUT2D eigenvalue weighted by molar-refractivity contribution is -0.145. The normalized spacial score (nSPS) is 19.0. The van der Waals surface area contributed by atoms with Crippen LogP contribution < -0.4 is 0 Å². The third-order valence-electron chi connectivity index (χ3n) is 3.84. The van der Waals surface area contributed by atoms with Gasteiger partial charge in [-0.1, -0.05) is 55.3 Å². The molecule has 1 aliphatic rings. The summed E-state index contributed by atoms with van der Waals surface area (Å²) in [5.41, 5.74) is 2.00.